The minimum atomic E-state index is 0.718. The van der Waals surface area contributed by atoms with Crippen LogP contribution in [0.15, 0.2) is 146 Å². The van der Waals surface area contributed by atoms with E-state index in [-0.39, 0.29) is 0 Å². The summed E-state index contributed by atoms with van der Waals surface area (Å²) in [6, 6.07) is 49.4. The van der Waals surface area contributed by atoms with E-state index in [1.165, 1.54) is 49.0 Å². The third kappa shape index (κ3) is 3.36. The van der Waals surface area contributed by atoms with Crippen molar-refractivity contribution in [3.8, 4) is 22.9 Å². The minimum absolute atomic E-state index is 0.718. The molecule has 6 aromatic carbocycles. The third-order valence-electron chi connectivity index (χ3n) is 8.34. The van der Waals surface area contributed by atoms with Crippen LogP contribution in [0.5, 0.6) is 0 Å². The second kappa shape index (κ2) is 8.88. The molecule has 0 bridgehead atoms. The zero-order chi connectivity index (χ0) is 27.6. The van der Waals surface area contributed by atoms with E-state index in [1.54, 1.807) is 0 Å². The van der Waals surface area contributed by atoms with Gasteiger partial charge in [-0.25, -0.2) is 9.97 Å². The number of hydrogen-bond acceptors (Lipinski definition) is 2. The van der Waals surface area contributed by atoms with Gasteiger partial charge < -0.3 is 4.57 Å². The molecule has 0 radical (unpaired) electrons. The molecule has 4 heteroatoms. The first-order valence-electron chi connectivity index (χ1n) is 14.2. The molecule has 196 valence electrons. The van der Waals surface area contributed by atoms with Gasteiger partial charge in [0, 0.05) is 39.0 Å². The van der Waals surface area contributed by atoms with E-state index in [0.29, 0.717) is 0 Å². The van der Waals surface area contributed by atoms with Crippen LogP contribution in [0.3, 0.4) is 0 Å². The van der Waals surface area contributed by atoms with Crippen LogP contribution in [0, 0.1) is 0 Å². The molecule has 0 atom stereocenters. The minimum Gasteiger partial charge on any atom is -0.309 e. The zero-order valence-electron chi connectivity index (χ0n) is 22.6. The van der Waals surface area contributed by atoms with Crippen LogP contribution in [-0.4, -0.2) is 19.1 Å². The van der Waals surface area contributed by atoms with Gasteiger partial charge in [0.15, 0.2) is 5.82 Å². The van der Waals surface area contributed by atoms with Crippen molar-refractivity contribution in [3.05, 3.63) is 146 Å². The molecule has 3 aromatic heterocycles. The average Bonchev–Trinajstić information content (AvgIpc) is 3.55. The van der Waals surface area contributed by atoms with E-state index in [4.69, 9.17) is 4.98 Å². The van der Waals surface area contributed by atoms with Gasteiger partial charge in [0.05, 0.1) is 22.1 Å². The fourth-order valence-electron chi connectivity index (χ4n) is 6.48. The van der Waals surface area contributed by atoms with E-state index < -0.39 is 0 Å². The molecule has 0 saturated heterocycles. The summed E-state index contributed by atoms with van der Waals surface area (Å²) < 4.78 is 4.65. The normalized spacial score (nSPS) is 11.8. The van der Waals surface area contributed by atoms with Crippen molar-refractivity contribution in [1.29, 1.82) is 0 Å². The van der Waals surface area contributed by atoms with Crippen LogP contribution in [-0.2, 0) is 0 Å². The average molecular weight is 537 g/mol. The molecule has 0 amide bonds. The second-order valence-electron chi connectivity index (χ2n) is 10.7. The van der Waals surface area contributed by atoms with Crippen molar-refractivity contribution in [1.82, 2.24) is 19.1 Å². The number of para-hydroxylation sites is 3. The molecule has 9 aromatic rings. The van der Waals surface area contributed by atoms with Gasteiger partial charge in [-0.05, 0) is 65.4 Å². The van der Waals surface area contributed by atoms with Crippen LogP contribution in [0.1, 0.15) is 0 Å². The van der Waals surface area contributed by atoms with Gasteiger partial charge in [-0.2, -0.15) is 0 Å². The van der Waals surface area contributed by atoms with Crippen molar-refractivity contribution in [2.24, 2.45) is 0 Å². The highest BCUT2D eigenvalue weighted by atomic mass is 15.1. The van der Waals surface area contributed by atoms with Crippen LogP contribution in [0.25, 0.3) is 77.3 Å². The highest BCUT2D eigenvalue weighted by molar-refractivity contribution is 6.18. The molecule has 3 heterocycles. The Morgan fingerprint density at radius 2 is 0.976 bits per heavy atom. The van der Waals surface area contributed by atoms with Gasteiger partial charge >= 0.3 is 0 Å². The molecule has 4 nitrogen and oxygen atoms in total. The summed E-state index contributed by atoms with van der Waals surface area (Å²) >= 11 is 0. The predicted molar refractivity (Wildman–Crippen MR) is 174 cm³/mol. The second-order valence-corrected chi connectivity index (χ2v) is 10.7. The van der Waals surface area contributed by atoms with Gasteiger partial charge in [-0.1, -0.05) is 84.9 Å². The molecule has 0 unspecified atom stereocenters. The molecule has 0 aliphatic rings. The lowest BCUT2D eigenvalue weighted by atomic mass is 10.0. The van der Waals surface area contributed by atoms with E-state index >= 15 is 0 Å². The number of fused-ring (bicyclic) bond motifs is 7. The summed E-state index contributed by atoms with van der Waals surface area (Å²) in [5.41, 5.74) is 6.85. The fourth-order valence-corrected chi connectivity index (χ4v) is 6.48. The van der Waals surface area contributed by atoms with Crippen molar-refractivity contribution < 1.29 is 0 Å². The van der Waals surface area contributed by atoms with E-state index in [2.05, 4.69) is 129 Å². The van der Waals surface area contributed by atoms with Crippen molar-refractivity contribution in [3.63, 3.8) is 0 Å². The maximum atomic E-state index is 5.04. The molecule has 0 fully saturated rings. The van der Waals surface area contributed by atoms with Crippen LogP contribution < -0.4 is 0 Å². The van der Waals surface area contributed by atoms with Crippen LogP contribution >= 0.6 is 0 Å². The summed E-state index contributed by atoms with van der Waals surface area (Å²) in [5.74, 6) is 1.58. The first kappa shape index (κ1) is 23.0. The lowest BCUT2D eigenvalue weighted by molar-refractivity contribution is 1.04. The Bertz CT molecular complexity index is 2450. The Balaban J connectivity index is 1.36. The molecular weight excluding hydrogens is 512 g/mol. The van der Waals surface area contributed by atoms with Gasteiger partial charge in [-0.15, -0.1) is 0 Å². The lowest BCUT2D eigenvalue weighted by Crippen LogP contribution is -2.00. The first-order chi connectivity index (χ1) is 20.8. The highest BCUT2D eigenvalue weighted by Gasteiger charge is 2.17. The van der Waals surface area contributed by atoms with Crippen molar-refractivity contribution in [2.45, 2.75) is 0 Å². The zero-order valence-corrected chi connectivity index (χ0v) is 22.6. The maximum Gasteiger partial charge on any atom is 0.161 e. The summed E-state index contributed by atoms with van der Waals surface area (Å²) in [6.45, 7) is 0. The van der Waals surface area contributed by atoms with Crippen molar-refractivity contribution in [2.75, 3.05) is 0 Å². The molecule has 0 N–H and O–H groups in total. The summed E-state index contributed by atoms with van der Waals surface area (Å²) in [7, 11) is 0. The number of rotatable bonds is 3. The number of nitrogens with zero attached hydrogens (tertiary/aromatic N) is 4. The number of aromatic nitrogens is 4. The van der Waals surface area contributed by atoms with Crippen LogP contribution in [0.2, 0.25) is 0 Å². The number of benzene rings is 6. The van der Waals surface area contributed by atoms with E-state index in [0.717, 1.165) is 28.2 Å². The maximum absolute atomic E-state index is 5.04. The Labute approximate surface area is 241 Å². The quantitative estimate of drug-likeness (QED) is 0.225. The predicted octanol–water partition coefficient (Wildman–Crippen LogP) is 9.49. The van der Waals surface area contributed by atoms with Crippen LogP contribution in [0.4, 0.5) is 0 Å². The SMILES string of the molecule is c1ccc(-c2nccc(-n3c4ccccc4c4cc5cc6c(cc5cc43)c3ccccc3n6-c3ccccc3)n2)cc1. The Morgan fingerprint density at radius 1 is 0.429 bits per heavy atom. The molecule has 42 heavy (non-hydrogen) atoms. The van der Waals surface area contributed by atoms with Gasteiger partial charge in [0.25, 0.3) is 0 Å². The Hall–Kier alpha value is -5.74. The number of hydrogen-bond donors (Lipinski definition) is 0. The van der Waals surface area contributed by atoms with Gasteiger partial charge in [0.1, 0.15) is 5.82 Å². The molecule has 0 saturated carbocycles. The third-order valence-corrected chi connectivity index (χ3v) is 8.34. The molecule has 0 spiro atoms. The first-order valence-corrected chi connectivity index (χ1v) is 14.2. The van der Waals surface area contributed by atoms with Crippen molar-refractivity contribution >= 4 is 54.4 Å². The Kier molecular flexibility index (Phi) is 4.87. The fraction of sp³-hybridized carbons (Fsp3) is 0. The van der Waals surface area contributed by atoms with E-state index in [1.807, 2.05) is 30.5 Å². The summed E-state index contributed by atoms with van der Waals surface area (Å²) in [6.07, 6.45) is 1.86. The van der Waals surface area contributed by atoms with Gasteiger partial charge in [0.2, 0.25) is 0 Å². The largest absolute Gasteiger partial charge is 0.309 e. The molecule has 0 aliphatic carbocycles. The topological polar surface area (TPSA) is 35.6 Å². The Morgan fingerprint density at radius 3 is 1.64 bits per heavy atom. The molecule has 9 rings (SSSR count). The standard InChI is InChI=1S/C38H24N4/c1-3-11-25(12-4-1)38-39-20-19-37(40-38)42-34-18-10-8-16-30(34)32-22-26-23-35-31(21-27(26)24-36(32)42)29-15-7-9-17-33(29)41(35)28-13-5-2-6-14-28/h1-24H. The summed E-state index contributed by atoms with van der Waals surface area (Å²) in [4.78, 5) is 9.64. The highest BCUT2D eigenvalue weighted by Crippen LogP contribution is 2.39. The molecular formula is C38H24N4. The molecule has 0 aliphatic heterocycles. The summed E-state index contributed by atoms with van der Waals surface area (Å²) in [5, 5.41) is 7.33. The smallest absolute Gasteiger partial charge is 0.161 e. The monoisotopic (exact) mass is 536 g/mol. The van der Waals surface area contributed by atoms with E-state index in [9.17, 15) is 0 Å². The lowest BCUT2D eigenvalue weighted by Gasteiger charge is -2.10. The van der Waals surface area contributed by atoms with Gasteiger partial charge in [-0.3, -0.25) is 4.57 Å².